The van der Waals surface area contributed by atoms with E-state index in [1.165, 1.54) is 0 Å². The quantitative estimate of drug-likeness (QED) is 0.641. The molecule has 4 rings (SSSR count). The molecule has 3 aromatic rings. The zero-order chi connectivity index (χ0) is 16.0. The molecule has 0 saturated heterocycles. The molecule has 1 aromatic heterocycles. The molecule has 2 N–H and O–H groups in total. The molecule has 1 aliphatic heterocycles. The van der Waals surface area contributed by atoms with E-state index in [4.69, 9.17) is 11.6 Å². The van der Waals surface area contributed by atoms with Gasteiger partial charge in [0.05, 0.1) is 23.6 Å². The monoisotopic (exact) mass is 343 g/mol. The van der Waals surface area contributed by atoms with Crippen molar-refractivity contribution in [1.82, 2.24) is 10.2 Å². The summed E-state index contributed by atoms with van der Waals surface area (Å²) in [6, 6.07) is 13.3. The Morgan fingerprint density at radius 3 is 2.78 bits per heavy atom. The van der Waals surface area contributed by atoms with Crippen molar-refractivity contribution in [3.8, 4) is 17.0 Å². The molecule has 116 valence electrons. The molecule has 2 aromatic carbocycles. The lowest BCUT2D eigenvalue weighted by Crippen LogP contribution is -2.23. The van der Waals surface area contributed by atoms with Gasteiger partial charge in [-0.2, -0.15) is 5.10 Å². The second kappa shape index (κ2) is 5.51. The number of nitrogens with one attached hydrogen (secondary N) is 1. The number of fused-ring (bicyclic) bond motifs is 3. The molecule has 0 spiro atoms. The van der Waals surface area contributed by atoms with Gasteiger partial charge in [-0.25, -0.2) is 0 Å². The maximum Gasteiger partial charge on any atom is 0.117 e. The minimum Gasteiger partial charge on any atom is -0.508 e. The summed E-state index contributed by atoms with van der Waals surface area (Å²) in [5, 5.41) is 17.9. The molecule has 0 bridgehead atoms. The number of anilines is 1. The Balaban J connectivity index is 1.80. The van der Waals surface area contributed by atoms with Gasteiger partial charge in [0.1, 0.15) is 5.75 Å². The maximum atomic E-state index is 9.91. The van der Waals surface area contributed by atoms with E-state index in [1.54, 1.807) is 24.1 Å². The summed E-state index contributed by atoms with van der Waals surface area (Å²) in [5.41, 5.74) is 4.16. The normalized spacial score (nSPS) is 16.1. The predicted molar refractivity (Wildman–Crippen MR) is 93.9 cm³/mol. The highest BCUT2D eigenvalue weighted by Crippen LogP contribution is 2.49. The molecule has 4 nitrogen and oxygen atoms in total. The number of aromatic amines is 1. The fourth-order valence-corrected chi connectivity index (χ4v) is 3.95. The molecule has 0 radical (unpaired) electrons. The molecule has 0 fully saturated rings. The molecule has 0 aliphatic carbocycles. The number of nitrogens with zero attached hydrogens (tertiary/aromatic N) is 2. The number of rotatable bonds is 2. The minimum atomic E-state index is 0.124. The van der Waals surface area contributed by atoms with Crippen LogP contribution in [0.25, 0.3) is 11.3 Å². The Morgan fingerprint density at radius 1 is 1.22 bits per heavy atom. The number of H-pyrrole nitrogens is 1. The number of aromatic nitrogens is 2. The summed E-state index contributed by atoms with van der Waals surface area (Å²) in [7, 11) is 0. The maximum absolute atomic E-state index is 9.91. The van der Waals surface area contributed by atoms with Crippen LogP contribution < -0.4 is 4.31 Å². The number of halogens is 1. The summed E-state index contributed by atoms with van der Waals surface area (Å²) >= 11 is 7.59. The molecule has 2 heterocycles. The van der Waals surface area contributed by atoms with E-state index in [0.717, 1.165) is 32.4 Å². The van der Waals surface area contributed by atoms with Crippen molar-refractivity contribution in [2.45, 2.75) is 17.9 Å². The second-order valence-corrected chi connectivity index (χ2v) is 6.93. The Labute approximate surface area is 143 Å². The van der Waals surface area contributed by atoms with Gasteiger partial charge >= 0.3 is 0 Å². The summed E-state index contributed by atoms with van der Waals surface area (Å²) < 4.78 is 2.19. The van der Waals surface area contributed by atoms with Crippen molar-refractivity contribution >= 4 is 29.2 Å². The number of hydrogen-bond donors (Lipinski definition) is 2. The minimum absolute atomic E-state index is 0.124. The van der Waals surface area contributed by atoms with Gasteiger partial charge in [-0.1, -0.05) is 11.6 Å². The molecule has 6 heteroatoms. The topological polar surface area (TPSA) is 52.1 Å². The van der Waals surface area contributed by atoms with Gasteiger partial charge in [0.15, 0.2) is 0 Å². The van der Waals surface area contributed by atoms with E-state index in [2.05, 4.69) is 21.4 Å². The number of phenols is 1. The molecule has 23 heavy (non-hydrogen) atoms. The van der Waals surface area contributed by atoms with Crippen LogP contribution in [0.4, 0.5) is 5.69 Å². The van der Waals surface area contributed by atoms with Gasteiger partial charge in [-0.3, -0.25) is 5.10 Å². The summed E-state index contributed by atoms with van der Waals surface area (Å²) in [6.07, 6.45) is 1.87. The van der Waals surface area contributed by atoms with Crippen LogP contribution in [0.1, 0.15) is 18.5 Å². The van der Waals surface area contributed by atoms with Crippen LogP contribution in [0.15, 0.2) is 53.6 Å². The third-order valence-corrected chi connectivity index (χ3v) is 5.42. The first-order valence-electron chi connectivity index (χ1n) is 7.23. The molecule has 1 aliphatic rings. The second-order valence-electron chi connectivity index (χ2n) is 5.45. The number of benzene rings is 2. The fraction of sp³-hybridized carbons (Fsp3) is 0.118. The average molecular weight is 344 g/mol. The number of hydrogen-bond acceptors (Lipinski definition) is 4. The highest BCUT2D eigenvalue weighted by Gasteiger charge is 2.30. The Hall–Kier alpha value is -2.11. The Morgan fingerprint density at radius 2 is 2.00 bits per heavy atom. The van der Waals surface area contributed by atoms with Crippen LogP contribution in [-0.4, -0.2) is 15.3 Å². The zero-order valence-corrected chi connectivity index (χ0v) is 13.9. The first kappa shape index (κ1) is 14.5. The lowest BCUT2D eigenvalue weighted by atomic mass is 9.97. The Bertz CT molecular complexity index is 863. The van der Waals surface area contributed by atoms with Crippen LogP contribution in [0, 0.1) is 0 Å². The van der Waals surface area contributed by atoms with Crippen molar-refractivity contribution < 1.29 is 5.11 Å². The Kier molecular flexibility index (Phi) is 3.47. The van der Waals surface area contributed by atoms with E-state index >= 15 is 0 Å². The van der Waals surface area contributed by atoms with E-state index in [9.17, 15) is 5.11 Å². The highest BCUT2D eigenvalue weighted by molar-refractivity contribution is 8.00. The largest absolute Gasteiger partial charge is 0.508 e. The van der Waals surface area contributed by atoms with Crippen molar-refractivity contribution in [2.75, 3.05) is 4.31 Å². The van der Waals surface area contributed by atoms with Gasteiger partial charge in [0.25, 0.3) is 0 Å². The van der Waals surface area contributed by atoms with Crippen LogP contribution in [0.2, 0.25) is 5.02 Å². The summed E-state index contributed by atoms with van der Waals surface area (Å²) in [6.45, 7) is 2.13. The first-order chi connectivity index (χ1) is 11.1. The van der Waals surface area contributed by atoms with Crippen molar-refractivity contribution in [2.24, 2.45) is 0 Å². The van der Waals surface area contributed by atoms with Crippen LogP contribution in [0.3, 0.4) is 0 Å². The van der Waals surface area contributed by atoms with Crippen molar-refractivity contribution in [1.29, 1.82) is 0 Å². The van der Waals surface area contributed by atoms with Gasteiger partial charge in [0.2, 0.25) is 0 Å². The zero-order valence-electron chi connectivity index (χ0n) is 12.3. The molecule has 1 atom stereocenters. The number of aromatic hydroxyl groups is 1. The van der Waals surface area contributed by atoms with E-state index in [0.29, 0.717) is 0 Å². The van der Waals surface area contributed by atoms with Gasteiger partial charge in [0, 0.05) is 27.1 Å². The smallest absolute Gasteiger partial charge is 0.117 e. The predicted octanol–water partition coefficient (Wildman–Crippen LogP) is 5.02. The van der Waals surface area contributed by atoms with Crippen molar-refractivity contribution in [3.63, 3.8) is 0 Å². The van der Waals surface area contributed by atoms with Gasteiger partial charge in [-0.15, -0.1) is 0 Å². The molecular weight excluding hydrogens is 330 g/mol. The molecule has 0 amide bonds. The lowest BCUT2D eigenvalue weighted by Gasteiger charge is -2.35. The van der Waals surface area contributed by atoms with E-state index in [1.807, 2.05) is 36.5 Å². The van der Waals surface area contributed by atoms with Gasteiger partial charge in [-0.05, 0) is 55.3 Å². The third-order valence-electron chi connectivity index (χ3n) is 3.98. The highest BCUT2D eigenvalue weighted by atomic mass is 35.5. The van der Waals surface area contributed by atoms with Crippen LogP contribution >= 0.6 is 23.5 Å². The van der Waals surface area contributed by atoms with E-state index in [-0.39, 0.29) is 11.8 Å². The summed E-state index contributed by atoms with van der Waals surface area (Å²) in [5.74, 6) is 0.251. The first-order valence-corrected chi connectivity index (χ1v) is 8.38. The molecule has 0 saturated carbocycles. The standard InChI is InChI=1S/C17H14ClN3OS/c1-10-15-9-19-20-17(15)14-7-4-12(22)8-16(14)21(10)23-13-5-2-11(18)3-6-13/h2-10,22H,1H3,(H,19,20). The third kappa shape index (κ3) is 2.46. The SMILES string of the molecule is CC1c2cn[nH]c2-c2ccc(O)cc2N1Sc1ccc(Cl)cc1. The fourth-order valence-electron chi connectivity index (χ4n) is 2.81. The van der Waals surface area contributed by atoms with E-state index < -0.39 is 0 Å². The average Bonchev–Trinajstić information content (AvgIpc) is 3.03. The number of phenolic OH excluding ortho intramolecular Hbond substituents is 1. The molecule has 1 unspecified atom stereocenters. The summed E-state index contributed by atoms with van der Waals surface area (Å²) in [4.78, 5) is 1.09. The molecular formula is C17H14ClN3OS. The van der Waals surface area contributed by atoms with Crippen molar-refractivity contribution in [3.05, 3.63) is 59.2 Å². The van der Waals surface area contributed by atoms with Crippen LogP contribution in [-0.2, 0) is 0 Å². The lowest BCUT2D eigenvalue weighted by molar-refractivity contribution is 0.475. The van der Waals surface area contributed by atoms with Gasteiger partial charge < -0.3 is 9.41 Å². The van der Waals surface area contributed by atoms with Crippen LogP contribution in [0.5, 0.6) is 5.75 Å².